The standard InChI is InChI=1S/C13H21NO/c15-13-3-5-14(6-4-13)9-12-8-10-1-2-11(12)7-10/h1-2,10-13,15H,3-9H2/p+1/t10-,11+,12+/m0/s1. The quantitative estimate of drug-likeness (QED) is 0.624. The first kappa shape index (κ1) is 9.86. The van der Waals surface area contributed by atoms with Gasteiger partial charge >= 0.3 is 0 Å². The third-order valence-electron chi connectivity index (χ3n) is 4.63. The van der Waals surface area contributed by atoms with E-state index in [-0.39, 0.29) is 6.10 Å². The Labute approximate surface area is 92.0 Å². The molecule has 0 aromatic rings. The van der Waals surface area contributed by atoms with Crippen LogP contribution in [-0.4, -0.2) is 30.8 Å². The largest absolute Gasteiger partial charge is 0.393 e. The molecule has 84 valence electrons. The van der Waals surface area contributed by atoms with Crippen LogP contribution in [0.4, 0.5) is 0 Å². The maximum atomic E-state index is 9.47. The summed E-state index contributed by atoms with van der Waals surface area (Å²) in [5, 5.41) is 9.47. The lowest BCUT2D eigenvalue weighted by atomic mass is 9.92. The Morgan fingerprint density at radius 3 is 2.53 bits per heavy atom. The molecule has 2 heteroatoms. The number of nitrogens with one attached hydrogen (secondary N) is 1. The van der Waals surface area contributed by atoms with Gasteiger partial charge in [0, 0.05) is 18.8 Å². The minimum atomic E-state index is -0.00586. The predicted molar refractivity (Wildman–Crippen MR) is 59.6 cm³/mol. The zero-order valence-electron chi connectivity index (χ0n) is 9.36. The summed E-state index contributed by atoms with van der Waals surface area (Å²) in [5.41, 5.74) is 0. The van der Waals surface area contributed by atoms with Gasteiger partial charge in [0.2, 0.25) is 0 Å². The van der Waals surface area contributed by atoms with Crippen LogP contribution < -0.4 is 4.90 Å². The number of hydrogen-bond donors (Lipinski definition) is 2. The molecule has 0 amide bonds. The molecular formula is C13H22NO+. The number of likely N-dealkylation sites (tertiary alicyclic amines) is 1. The van der Waals surface area contributed by atoms with Crippen molar-refractivity contribution in [2.75, 3.05) is 19.6 Å². The lowest BCUT2D eigenvalue weighted by Crippen LogP contribution is -3.14. The highest BCUT2D eigenvalue weighted by molar-refractivity contribution is 5.09. The van der Waals surface area contributed by atoms with Gasteiger partial charge in [0.15, 0.2) is 0 Å². The summed E-state index contributed by atoms with van der Waals surface area (Å²) in [6.07, 6.45) is 9.79. The topological polar surface area (TPSA) is 24.7 Å². The Bertz CT molecular complexity index is 255. The van der Waals surface area contributed by atoms with Crippen molar-refractivity contribution in [2.24, 2.45) is 17.8 Å². The van der Waals surface area contributed by atoms with E-state index >= 15 is 0 Å². The summed E-state index contributed by atoms with van der Waals surface area (Å²) in [4.78, 5) is 1.74. The Morgan fingerprint density at radius 2 is 1.93 bits per heavy atom. The molecule has 15 heavy (non-hydrogen) atoms. The minimum Gasteiger partial charge on any atom is -0.393 e. The summed E-state index contributed by atoms with van der Waals surface area (Å²) >= 11 is 0. The van der Waals surface area contributed by atoms with Gasteiger partial charge in [0.1, 0.15) is 0 Å². The maximum absolute atomic E-state index is 9.47. The van der Waals surface area contributed by atoms with Gasteiger partial charge in [-0.2, -0.15) is 0 Å². The second kappa shape index (κ2) is 3.91. The van der Waals surface area contributed by atoms with Gasteiger partial charge in [0.05, 0.1) is 25.7 Å². The molecule has 3 atom stereocenters. The number of allylic oxidation sites excluding steroid dienone is 2. The fourth-order valence-corrected chi connectivity index (χ4v) is 3.72. The van der Waals surface area contributed by atoms with Crippen molar-refractivity contribution < 1.29 is 10.0 Å². The number of quaternary nitrogens is 1. The van der Waals surface area contributed by atoms with Gasteiger partial charge in [-0.1, -0.05) is 12.2 Å². The highest BCUT2D eigenvalue weighted by atomic mass is 16.3. The molecule has 0 unspecified atom stereocenters. The molecule has 2 fully saturated rings. The maximum Gasteiger partial charge on any atom is 0.0805 e. The average molecular weight is 208 g/mol. The van der Waals surface area contributed by atoms with Crippen molar-refractivity contribution in [1.29, 1.82) is 0 Å². The van der Waals surface area contributed by atoms with Crippen molar-refractivity contribution in [3.8, 4) is 0 Å². The van der Waals surface area contributed by atoms with E-state index in [1.54, 1.807) is 4.90 Å². The molecule has 2 nitrogen and oxygen atoms in total. The van der Waals surface area contributed by atoms with E-state index in [9.17, 15) is 5.11 Å². The third kappa shape index (κ3) is 1.98. The lowest BCUT2D eigenvalue weighted by molar-refractivity contribution is -0.909. The van der Waals surface area contributed by atoms with Gasteiger partial charge in [-0.25, -0.2) is 0 Å². The number of aliphatic hydroxyl groups is 1. The van der Waals surface area contributed by atoms with Gasteiger partial charge in [-0.3, -0.25) is 0 Å². The molecule has 1 heterocycles. The fraction of sp³-hybridized carbons (Fsp3) is 0.846. The first-order valence-corrected chi connectivity index (χ1v) is 6.51. The first-order chi connectivity index (χ1) is 7.31. The minimum absolute atomic E-state index is 0.00586. The van der Waals surface area contributed by atoms with Gasteiger partial charge in [-0.05, 0) is 24.7 Å². The second-order valence-electron chi connectivity index (χ2n) is 5.73. The summed E-state index contributed by atoms with van der Waals surface area (Å²) in [5.74, 6) is 2.76. The molecule has 1 saturated carbocycles. The highest BCUT2D eigenvalue weighted by Gasteiger charge is 2.38. The Hall–Kier alpha value is -0.340. The van der Waals surface area contributed by atoms with E-state index in [1.807, 2.05) is 0 Å². The molecule has 2 bridgehead atoms. The molecule has 0 spiro atoms. The Balaban J connectivity index is 1.51. The van der Waals surface area contributed by atoms with E-state index < -0.39 is 0 Å². The van der Waals surface area contributed by atoms with Crippen molar-refractivity contribution in [2.45, 2.75) is 31.8 Å². The molecule has 0 aromatic carbocycles. The zero-order chi connectivity index (χ0) is 10.3. The number of rotatable bonds is 2. The average Bonchev–Trinajstić information content (AvgIpc) is 2.83. The van der Waals surface area contributed by atoms with Crippen molar-refractivity contribution >= 4 is 0 Å². The number of piperidine rings is 1. The van der Waals surface area contributed by atoms with E-state index in [4.69, 9.17) is 0 Å². The molecule has 2 aliphatic carbocycles. The van der Waals surface area contributed by atoms with Gasteiger partial charge in [0.25, 0.3) is 0 Å². The fourth-order valence-electron chi connectivity index (χ4n) is 3.72. The highest BCUT2D eigenvalue weighted by Crippen LogP contribution is 2.42. The number of aliphatic hydroxyl groups excluding tert-OH is 1. The summed E-state index contributed by atoms with van der Waals surface area (Å²) in [6.45, 7) is 3.75. The molecule has 0 radical (unpaired) electrons. The zero-order valence-corrected chi connectivity index (χ0v) is 9.36. The molecule has 1 aliphatic heterocycles. The normalized spacial score (nSPS) is 48.7. The van der Waals surface area contributed by atoms with E-state index in [2.05, 4.69) is 12.2 Å². The van der Waals surface area contributed by atoms with Crippen LogP contribution in [0.25, 0.3) is 0 Å². The predicted octanol–water partition coefficient (Wildman–Crippen LogP) is 0.238. The Kier molecular flexibility index (Phi) is 2.57. The molecule has 2 N–H and O–H groups in total. The van der Waals surface area contributed by atoms with Crippen LogP contribution in [0.1, 0.15) is 25.7 Å². The Morgan fingerprint density at radius 1 is 1.13 bits per heavy atom. The molecule has 3 aliphatic rings. The van der Waals surface area contributed by atoms with Crippen LogP contribution >= 0.6 is 0 Å². The second-order valence-corrected chi connectivity index (χ2v) is 5.73. The van der Waals surface area contributed by atoms with Crippen LogP contribution in [0.2, 0.25) is 0 Å². The SMILES string of the molecule is OC1CC[NH+](C[C@H]2C[C@H]3C=C[C@@H]2C3)CC1. The molecule has 0 aromatic heterocycles. The van der Waals surface area contributed by atoms with Crippen molar-refractivity contribution in [3.63, 3.8) is 0 Å². The molecule has 1 saturated heterocycles. The third-order valence-corrected chi connectivity index (χ3v) is 4.63. The van der Waals surface area contributed by atoms with E-state index in [0.29, 0.717) is 0 Å². The van der Waals surface area contributed by atoms with E-state index in [1.165, 1.54) is 32.5 Å². The number of fused-ring (bicyclic) bond motifs is 2. The van der Waals surface area contributed by atoms with Crippen LogP contribution in [0, 0.1) is 17.8 Å². The lowest BCUT2D eigenvalue weighted by Gasteiger charge is -2.30. The molecular weight excluding hydrogens is 186 g/mol. The van der Waals surface area contributed by atoms with Crippen LogP contribution in [0.15, 0.2) is 12.2 Å². The van der Waals surface area contributed by atoms with Crippen LogP contribution in [-0.2, 0) is 0 Å². The summed E-state index contributed by atoms with van der Waals surface area (Å²) < 4.78 is 0. The van der Waals surface area contributed by atoms with Crippen LogP contribution in [0.5, 0.6) is 0 Å². The summed E-state index contributed by atoms with van der Waals surface area (Å²) in [7, 11) is 0. The smallest absolute Gasteiger partial charge is 0.0805 e. The number of hydrogen-bond acceptors (Lipinski definition) is 1. The van der Waals surface area contributed by atoms with E-state index in [0.717, 1.165) is 30.6 Å². The monoisotopic (exact) mass is 208 g/mol. The van der Waals surface area contributed by atoms with Crippen LogP contribution in [0.3, 0.4) is 0 Å². The first-order valence-electron chi connectivity index (χ1n) is 6.51. The molecule has 3 rings (SSSR count). The van der Waals surface area contributed by atoms with Crippen molar-refractivity contribution in [3.05, 3.63) is 12.2 Å². The van der Waals surface area contributed by atoms with Gasteiger partial charge < -0.3 is 10.0 Å². The van der Waals surface area contributed by atoms with Gasteiger partial charge in [-0.15, -0.1) is 0 Å². The van der Waals surface area contributed by atoms with Crippen molar-refractivity contribution in [1.82, 2.24) is 0 Å². The summed E-state index contributed by atoms with van der Waals surface area (Å²) in [6, 6.07) is 0.